The third-order valence-corrected chi connectivity index (χ3v) is 3.64. The van der Waals surface area contributed by atoms with Crippen LogP contribution in [-0.4, -0.2) is 26.8 Å². The predicted molar refractivity (Wildman–Crippen MR) is 69.9 cm³/mol. The highest BCUT2D eigenvalue weighted by Crippen LogP contribution is 2.18. The fourth-order valence-electron chi connectivity index (χ4n) is 1.13. The molecule has 96 valence electrons. The van der Waals surface area contributed by atoms with E-state index in [0.29, 0.717) is 22.7 Å². The fraction of sp³-hybridized carbons (Fsp3) is 0.400. The first-order valence-electron chi connectivity index (χ1n) is 5.34. The standard InChI is InChI=1S/C10H12N4O2S2/c1-3-8-13-14-10(16-8)18-5-7(15)12-9-11-6(2)4-17-9/h4H,3,5H2,1-2H3,(H,11,12,15). The Labute approximate surface area is 112 Å². The average Bonchev–Trinajstić information content (AvgIpc) is 2.95. The minimum absolute atomic E-state index is 0.134. The quantitative estimate of drug-likeness (QED) is 0.847. The molecular weight excluding hydrogens is 272 g/mol. The molecule has 18 heavy (non-hydrogen) atoms. The number of rotatable bonds is 5. The highest BCUT2D eigenvalue weighted by molar-refractivity contribution is 7.99. The molecule has 2 aromatic heterocycles. The van der Waals surface area contributed by atoms with Gasteiger partial charge in [-0.1, -0.05) is 18.7 Å². The summed E-state index contributed by atoms with van der Waals surface area (Å²) in [6, 6.07) is 0. The number of carbonyl (C=O) groups is 1. The molecule has 8 heteroatoms. The van der Waals surface area contributed by atoms with Crippen LogP contribution in [0, 0.1) is 6.92 Å². The van der Waals surface area contributed by atoms with Crippen LogP contribution in [0.5, 0.6) is 0 Å². The van der Waals surface area contributed by atoms with Gasteiger partial charge in [0.1, 0.15) is 0 Å². The second-order valence-electron chi connectivity index (χ2n) is 3.45. The smallest absolute Gasteiger partial charge is 0.277 e. The first kappa shape index (κ1) is 13.0. The van der Waals surface area contributed by atoms with Crippen molar-refractivity contribution in [2.75, 3.05) is 11.1 Å². The van der Waals surface area contributed by atoms with Gasteiger partial charge in [0.2, 0.25) is 11.8 Å². The van der Waals surface area contributed by atoms with E-state index in [4.69, 9.17) is 4.42 Å². The summed E-state index contributed by atoms with van der Waals surface area (Å²) < 4.78 is 5.29. The van der Waals surface area contributed by atoms with Crippen LogP contribution in [-0.2, 0) is 11.2 Å². The molecule has 0 spiro atoms. The van der Waals surface area contributed by atoms with Crippen LogP contribution in [0.25, 0.3) is 0 Å². The zero-order valence-electron chi connectivity index (χ0n) is 9.97. The van der Waals surface area contributed by atoms with Gasteiger partial charge in [0.25, 0.3) is 5.22 Å². The lowest BCUT2D eigenvalue weighted by Gasteiger charge is -1.98. The molecule has 6 nitrogen and oxygen atoms in total. The Hall–Kier alpha value is -1.41. The van der Waals surface area contributed by atoms with Gasteiger partial charge in [0.15, 0.2) is 5.13 Å². The molecule has 2 rings (SSSR count). The van der Waals surface area contributed by atoms with E-state index in [1.165, 1.54) is 23.1 Å². The molecule has 0 aliphatic rings. The number of aryl methyl sites for hydroxylation is 2. The van der Waals surface area contributed by atoms with Crippen molar-refractivity contribution in [1.29, 1.82) is 0 Å². The number of aromatic nitrogens is 3. The maximum Gasteiger partial charge on any atom is 0.277 e. The van der Waals surface area contributed by atoms with Gasteiger partial charge >= 0.3 is 0 Å². The molecule has 0 aromatic carbocycles. The zero-order chi connectivity index (χ0) is 13.0. The third-order valence-electron chi connectivity index (χ3n) is 1.94. The van der Waals surface area contributed by atoms with Gasteiger partial charge in [-0.3, -0.25) is 4.79 Å². The number of anilines is 1. The van der Waals surface area contributed by atoms with E-state index in [-0.39, 0.29) is 11.7 Å². The largest absolute Gasteiger partial charge is 0.416 e. The molecule has 0 saturated carbocycles. The number of carbonyl (C=O) groups excluding carboxylic acids is 1. The molecule has 1 amide bonds. The SMILES string of the molecule is CCc1nnc(SCC(=O)Nc2nc(C)cs2)o1. The van der Waals surface area contributed by atoms with Crippen molar-refractivity contribution in [3.63, 3.8) is 0 Å². The summed E-state index contributed by atoms with van der Waals surface area (Å²) in [4.78, 5) is 15.8. The summed E-state index contributed by atoms with van der Waals surface area (Å²) >= 11 is 2.62. The Morgan fingerprint density at radius 3 is 3.00 bits per heavy atom. The summed E-state index contributed by atoms with van der Waals surface area (Å²) in [5.74, 6) is 0.670. The molecule has 0 unspecified atom stereocenters. The molecule has 0 saturated heterocycles. The van der Waals surface area contributed by atoms with Gasteiger partial charge in [-0.25, -0.2) is 4.98 Å². The van der Waals surface area contributed by atoms with Crippen LogP contribution in [0.3, 0.4) is 0 Å². The van der Waals surface area contributed by atoms with E-state index < -0.39 is 0 Å². The van der Waals surface area contributed by atoms with E-state index in [9.17, 15) is 4.79 Å². The molecule has 0 atom stereocenters. The van der Waals surface area contributed by atoms with Crippen LogP contribution in [0.4, 0.5) is 5.13 Å². The molecule has 0 aliphatic heterocycles. The van der Waals surface area contributed by atoms with Gasteiger partial charge in [0, 0.05) is 11.8 Å². The highest BCUT2D eigenvalue weighted by Gasteiger charge is 2.10. The molecule has 0 bridgehead atoms. The first-order valence-corrected chi connectivity index (χ1v) is 7.21. The Kier molecular flexibility index (Phi) is 4.32. The van der Waals surface area contributed by atoms with Crippen LogP contribution in [0.15, 0.2) is 15.0 Å². The number of amides is 1. The molecule has 2 heterocycles. The lowest BCUT2D eigenvalue weighted by Crippen LogP contribution is -2.13. The fourth-order valence-corrected chi connectivity index (χ4v) is 2.42. The lowest BCUT2D eigenvalue weighted by atomic mass is 10.5. The monoisotopic (exact) mass is 284 g/mol. The van der Waals surface area contributed by atoms with Crippen LogP contribution in [0.2, 0.25) is 0 Å². The van der Waals surface area contributed by atoms with Gasteiger partial charge in [-0.05, 0) is 6.92 Å². The van der Waals surface area contributed by atoms with Crippen molar-refractivity contribution in [2.24, 2.45) is 0 Å². The van der Waals surface area contributed by atoms with E-state index in [0.717, 1.165) is 5.69 Å². The van der Waals surface area contributed by atoms with Crippen molar-refractivity contribution in [2.45, 2.75) is 25.5 Å². The average molecular weight is 284 g/mol. The summed E-state index contributed by atoms with van der Waals surface area (Å²) in [5.41, 5.74) is 0.896. The summed E-state index contributed by atoms with van der Waals surface area (Å²) in [5, 5.41) is 13.3. The minimum Gasteiger partial charge on any atom is -0.416 e. The number of hydrogen-bond acceptors (Lipinski definition) is 7. The molecule has 2 aromatic rings. The Balaban J connectivity index is 1.81. The number of thioether (sulfide) groups is 1. The summed E-state index contributed by atoms with van der Waals surface area (Å²) in [6.07, 6.45) is 0.693. The van der Waals surface area contributed by atoms with Gasteiger partial charge in [-0.2, -0.15) is 0 Å². The number of hydrogen-bond donors (Lipinski definition) is 1. The van der Waals surface area contributed by atoms with Crippen LogP contribution >= 0.6 is 23.1 Å². The highest BCUT2D eigenvalue weighted by atomic mass is 32.2. The zero-order valence-corrected chi connectivity index (χ0v) is 11.6. The predicted octanol–water partition coefficient (Wildman–Crippen LogP) is 2.13. The van der Waals surface area contributed by atoms with E-state index in [1.807, 2.05) is 19.2 Å². The van der Waals surface area contributed by atoms with Gasteiger partial charge in [0.05, 0.1) is 11.4 Å². The second kappa shape index (κ2) is 5.96. The second-order valence-corrected chi connectivity index (χ2v) is 5.23. The van der Waals surface area contributed by atoms with Crippen molar-refractivity contribution in [3.05, 3.63) is 17.0 Å². The topological polar surface area (TPSA) is 80.9 Å². The first-order chi connectivity index (χ1) is 8.67. The minimum atomic E-state index is -0.134. The van der Waals surface area contributed by atoms with Crippen molar-refractivity contribution >= 4 is 34.1 Å². The van der Waals surface area contributed by atoms with Crippen LogP contribution < -0.4 is 5.32 Å². The Morgan fingerprint density at radius 2 is 2.39 bits per heavy atom. The van der Waals surface area contributed by atoms with Crippen molar-refractivity contribution in [3.8, 4) is 0 Å². The van der Waals surface area contributed by atoms with E-state index in [1.54, 1.807) is 0 Å². The van der Waals surface area contributed by atoms with E-state index >= 15 is 0 Å². The maximum atomic E-state index is 11.6. The number of nitrogens with zero attached hydrogens (tertiary/aromatic N) is 3. The molecular formula is C10H12N4O2S2. The normalized spacial score (nSPS) is 10.6. The van der Waals surface area contributed by atoms with Crippen molar-refractivity contribution in [1.82, 2.24) is 15.2 Å². The molecule has 0 aliphatic carbocycles. The molecule has 0 radical (unpaired) electrons. The Morgan fingerprint density at radius 1 is 1.56 bits per heavy atom. The third kappa shape index (κ3) is 3.54. The van der Waals surface area contributed by atoms with Crippen molar-refractivity contribution < 1.29 is 9.21 Å². The summed E-state index contributed by atoms with van der Waals surface area (Å²) in [7, 11) is 0. The number of thiazole rings is 1. The Bertz CT molecular complexity index is 537. The maximum absolute atomic E-state index is 11.6. The summed E-state index contributed by atoms with van der Waals surface area (Å²) in [6.45, 7) is 3.81. The van der Waals surface area contributed by atoms with E-state index in [2.05, 4.69) is 20.5 Å². The molecule has 0 fully saturated rings. The van der Waals surface area contributed by atoms with Gasteiger partial charge < -0.3 is 9.73 Å². The lowest BCUT2D eigenvalue weighted by molar-refractivity contribution is -0.113. The number of nitrogens with one attached hydrogen (secondary N) is 1. The molecule has 1 N–H and O–H groups in total. The van der Waals surface area contributed by atoms with Gasteiger partial charge in [-0.15, -0.1) is 21.5 Å². The van der Waals surface area contributed by atoms with Crippen LogP contribution in [0.1, 0.15) is 18.5 Å².